The van der Waals surface area contributed by atoms with Crippen LogP contribution in [0.1, 0.15) is 40.3 Å². The van der Waals surface area contributed by atoms with Crippen LogP contribution in [0.2, 0.25) is 0 Å². The number of nitrogens with zero attached hydrogens (tertiary/aromatic N) is 2. The minimum absolute atomic E-state index is 0.0680. The summed E-state index contributed by atoms with van der Waals surface area (Å²) in [7, 11) is 0. The van der Waals surface area contributed by atoms with E-state index in [1.807, 2.05) is 6.92 Å². The Morgan fingerprint density at radius 3 is 2.85 bits per heavy atom. The first kappa shape index (κ1) is 17.3. The molecule has 9 heteroatoms. The number of ether oxygens (including phenoxy) is 2. The molecule has 1 aliphatic heterocycles. The van der Waals surface area contributed by atoms with Gasteiger partial charge in [-0.2, -0.15) is 18.3 Å². The first-order valence-electron chi connectivity index (χ1n) is 8.33. The molecule has 2 unspecified atom stereocenters. The van der Waals surface area contributed by atoms with E-state index in [1.54, 1.807) is 10.9 Å². The molecule has 2 aromatic heterocycles. The number of halogens is 3. The third kappa shape index (κ3) is 2.84. The highest BCUT2D eigenvalue weighted by Crippen LogP contribution is 2.48. The van der Waals surface area contributed by atoms with Gasteiger partial charge in [0, 0.05) is 18.2 Å². The SMILES string of the molecule is CC1Cc2oc(C=O)c(C(F)(F)F)c2-c2nn(CC3COCCO3)cc21. The second-order valence-electron chi connectivity index (χ2n) is 6.58. The molecular formula is C17H17F3N2O4. The maximum Gasteiger partial charge on any atom is 0.420 e. The van der Waals surface area contributed by atoms with Crippen LogP contribution in [0.25, 0.3) is 11.3 Å². The van der Waals surface area contributed by atoms with Crippen LogP contribution in [-0.4, -0.2) is 42.0 Å². The third-order valence-corrected chi connectivity index (χ3v) is 4.72. The molecule has 3 heterocycles. The molecule has 1 saturated heterocycles. The van der Waals surface area contributed by atoms with Crippen LogP contribution in [0.15, 0.2) is 10.6 Å². The average Bonchev–Trinajstić information content (AvgIpc) is 3.16. The number of carbonyl (C=O) groups is 1. The molecule has 1 fully saturated rings. The van der Waals surface area contributed by atoms with Gasteiger partial charge in [-0.3, -0.25) is 9.48 Å². The fourth-order valence-corrected chi connectivity index (χ4v) is 3.58. The van der Waals surface area contributed by atoms with Gasteiger partial charge in [0.15, 0.2) is 12.0 Å². The highest BCUT2D eigenvalue weighted by Gasteiger charge is 2.44. The number of fused-ring (bicyclic) bond motifs is 3. The predicted octanol–water partition coefficient (Wildman–Crippen LogP) is 3.05. The van der Waals surface area contributed by atoms with Crippen LogP contribution < -0.4 is 0 Å². The standard InChI is InChI=1S/C17H17F3N2O4/c1-9-4-12-14(15(17(18,19)20)13(7-23)26-12)16-11(9)6-22(21-16)5-10-8-24-2-3-25-10/h6-7,9-10H,2-5,8H2,1H3. The molecule has 140 valence electrons. The second-order valence-corrected chi connectivity index (χ2v) is 6.58. The van der Waals surface area contributed by atoms with Gasteiger partial charge < -0.3 is 13.9 Å². The largest absolute Gasteiger partial charge is 0.457 e. The molecule has 26 heavy (non-hydrogen) atoms. The molecule has 0 bridgehead atoms. The fourth-order valence-electron chi connectivity index (χ4n) is 3.58. The van der Waals surface area contributed by atoms with E-state index in [0.29, 0.717) is 31.9 Å². The quantitative estimate of drug-likeness (QED) is 0.777. The molecule has 4 rings (SSSR count). The molecule has 0 N–H and O–H groups in total. The number of furan rings is 1. The molecule has 2 aromatic rings. The molecule has 2 atom stereocenters. The minimum Gasteiger partial charge on any atom is -0.457 e. The van der Waals surface area contributed by atoms with Crippen molar-refractivity contribution in [3.63, 3.8) is 0 Å². The molecule has 0 saturated carbocycles. The van der Waals surface area contributed by atoms with Crippen LogP contribution in [0.4, 0.5) is 13.2 Å². The van der Waals surface area contributed by atoms with Crippen molar-refractivity contribution in [1.82, 2.24) is 9.78 Å². The van der Waals surface area contributed by atoms with Gasteiger partial charge in [-0.15, -0.1) is 0 Å². The zero-order valence-electron chi connectivity index (χ0n) is 14.0. The van der Waals surface area contributed by atoms with Crippen molar-refractivity contribution in [2.75, 3.05) is 19.8 Å². The lowest BCUT2D eigenvalue weighted by atomic mass is 9.86. The summed E-state index contributed by atoms with van der Waals surface area (Å²) < 4.78 is 58.3. The summed E-state index contributed by atoms with van der Waals surface area (Å²) in [6.45, 7) is 3.71. The summed E-state index contributed by atoms with van der Waals surface area (Å²) in [5, 5.41) is 4.36. The van der Waals surface area contributed by atoms with Crippen LogP contribution in [0, 0.1) is 0 Å². The van der Waals surface area contributed by atoms with E-state index in [1.165, 1.54) is 0 Å². The molecule has 6 nitrogen and oxygen atoms in total. The van der Waals surface area contributed by atoms with Crippen molar-refractivity contribution >= 4 is 6.29 Å². The average molecular weight is 370 g/mol. The zero-order valence-corrected chi connectivity index (χ0v) is 14.0. The van der Waals surface area contributed by atoms with Crippen molar-refractivity contribution < 1.29 is 31.9 Å². The van der Waals surface area contributed by atoms with Crippen LogP contribution in [0.5, 0.6) is 0 Å². The van der Waals surface area contributed by atoms with Crippen molar-refractivity contribution in [1.29, 1.82) is 0 Å². The first-order chi connectivity index (χ1) is 12.4. The molecule has 1 aliphatic carbocycles. The summed E-state index contributed by atoms with van der Waals surface area (Å²) in [6.07, 6.45) is -2.76. The number of hydrogen-bond acceptors (Lipinski definition) is 5. The van der Waals surface area contributed by atoms with Gasteiger partial charge in [0.2, 0.25) is 0 Å². The Hall–Kier alpha value is -2.13. The summed E-state index contributed by atoms with van der Waals surface area (Å²) in [6, 6.07) is 0. The van der Waals surface area contributed by atoms with E-state index >= 15 is 0 Å². The summed E-state index contributed by atoms with van der Waals surface area (Å²) in [5.41, 5.74) is -0.233. The number of alkyl halides is 3. The predicted molar refractivity (Wildman–Crippen MR) is 83.0 cm³/mol. The summed E-state index contributed by atoms with van der Waals surface area (Å²) in [5.74, 6) is -0.607. The van der Waals surface area contributed by atoms with Gasteiger partial charge in [-0.05, 0) is 5.92 Å². The van der Waals surface area contributed by atoms with Crippen LogP contribution in [0.3, 0.4) is 0 Å². The van der Waals surface area contributed by atoms with Crippen LogP contribution >= 0.6 is 0 Å². The highest BCUT2D eigenvalue weighted by molar-refractivity contribution is 5.83. The molecule has 0 radical (unpaired) electrons. The number of carbonyl (C=O) groups excluding carboxylic acids is 1. The van der Waals surface area contributed by atoms with Crippen molar-refractivity contribution in [2.45, 2.75) is 38.1 Å². The summed E-state index contributed by atoms with van der Waals surface area (Å²) in [4.78, 5) is 11.1. The number of aldehydes is 1. The topological polar surface area (TPSA) is 66.5 Å². The van der Waals surface area contributed by atoms with Gasteiger partial charge in [-0.1, -0.05) is 6.92 Å². The van der Waals surface area contributed by atoms with Gasteiger partial charge in [0.05, 0.1) is 37.6 Å². The molecule has 0 spiro atoms. The lowest BCUT2D eigenvalue weighted by molar-refractivity contribution is -0.137. The van der Waals surface area contributed by atoms with E-state index in [2.05, 4.69) is 5.10 Å². The Morgan fingerprint density at radius 2 is 2.19 bits per heavy atom. The Morgan fingerprint density at radius 1 is 1.38 bits per heavy atom. The Labute approximate surface area is 146 Å². The molecular weight excluding hydrogens is 353 g/mol. The van der Waals surface area contributed by atoms with Crippen molar-refractivity contribution in [3.8, 4) is 11.3 Å². The van der Waals surface area contributed by atoms with Crippen molar-refractivity contribution in [3.05, 3.63) is 28.8 Å². The van der Waals surface area contributed by atoms with E-state index in [0.717, 1.165) is 0 Å². The fraction of sp³-hybridized carbons (Fsp3) is 0.529. The van der Waals surface area contributed by atoms with Gasteiger partial charge >= 0.3 is 6.18 Å². The van der Waals surface area contributed by atoms with Gasteiger partial charge in [0.1, 0.15) is 17.4 Å². The van der Waals surface area contributed by atoms with Crippen LogP contribution in [-0.2, 0) is 28.6 Å². The lowest BCUT2D eigenvalue weighted by Gasteiger charge is -2.22. The Bertz CT molecular complexity index is 834. The zero-order chi connectivity index (χ0) is 18.5. The maximum absolute atomic E-state index is 13.5. The monoisotopic (exact) mass is 370 g/mol. The lowest BCUT2D eigenvalue weighted by Crippen LogP contribution is -2.32. The van der Waals surface area contributed by atoms with E-state index in [-0.39, 0.29) is 41.7 Å². The van der Waals surface area contributed by atoms with Crippen molar-refractivity contribution in [2.24, 2.45) is 0 Å². The first-order valence-corrected chi connectivity index (χ1v) is 8.33. The second kappa shape index (κ2) is 6.24. The van der Waals surface area contributed by atoms with E-state index < -0.39 is 17.5 Å². The summed E-state index contributed by atoms with van der Waals surface area (Å²) >= 11 is 0. The Kier molecular flexibility index (Phi) is 4.15. The number of rotatable bonds is 3. The number of hydrogen-bond donors (Lipinski definition) is 0. The minimum atomic E-state index is -4.70. The van der Waals surface area contributed by atoms with E-state index in [9.17, 15) is 18.0 Å². The number of aromatic nitrogens is 2. The molecule has 0 amide bonds. The maximum atomic E-state index is 13.5. The highest BCUT2D eigenvalue weighted by atomic mass is 19.4. The van der Waals surface area contributed by atoms with Gasteiger partial charge in [0.25, 0.3) is 0 Å². The molecule has 2 aliphatic rings. The van der Waals surface area contributed by atoms with Gasteiger partial charge in [-0.25, -0.2) is 0 Å². The normalized spacial score (nSPS) is 22.8. The van der Waals surface area contributed by atoms with E-state index in [4.69, 9.17) is 13.9 Å². The third-order valence-electron chi connectivity index (χ3n) is 4.72. The molecule has 0 aromatic carbocycles. The smallest absolute Gasteiger partial charge is 0.420 e. The Balaban J connectivity index is 1.77.